The number of esters is 1. The van der Waals surface area contributed by atoms with Crippen molar-refractivity contribution in [1.82, 2.24) is 0 Å². The molecule has 0 saturated carbocycles. The van der Waals surface area contributed by atoms with E-state index in [0.717, 1.165) is 28.0 Å². The lowest BCUT2D eigenvalue weighted by Crippen LogP contribution is -2.31. The average molecular weight is 360 g/mol. The minimum absolute atomic E-state index is 0.336. The van der Waals surface area contributed by atoms with Crippen LogP contribution in [0.1, 0.15) is 15.9 Å². The molecule has 26 heavy (non-hydrogen) atoms. The first-order chi connectivity index (χ1) is 12.7. The van der Waals surface area contributed by atoms with Crippen molar-refractivity contribution in [3.8, 4) is 5.75 Å². The molecule has 128 valence electrons. The molecule has 1 heterocycles. The quantitative estimate of drug-likeness (QED) is 0.178. The summed E-state index contributed by atoms with van der Waals surface area (Å²) in [4.78, 5) is 13.1. The van der Waals surface area contributed by atoms with Gasteiger partial charge in [-0.2, -0.15) is 4.57 Å². The lowest BCUT2D eigenvalue weighted by atomic mass is 10.0. The van der Waals surface area contributed by atoms with E-state index < -0.39 is 0 Å². The summed E-state index contributed by atoms with van der Waals surface area (Å²) in [5.74, 6) is 0.218. The van der Waals surface area contributed by atoms with Gasteiger partial charge in [-0.1, -0.05) is 36.4 Å². The Bertz CT molecular complexity index is 1060. The van der Waals surface area contributed by atoms with Gasteiger partial charge in [0.1, 0.15) is 12.8 Å². The third kappa shape index (κ3) is 2.85. The smallest absolute Gasteiger partial charge is 0.345 e. The second-order valence-corrected chi connectivity index (χ2v) is 6.61. The Morgan fingerprint density at radius 3 is 1.96 bits per heavy atom. The standard InChI is InChI=1S/C22H19NO2P/c1-23-19-8-4-2-6-17(19)21(18-7-3-5-9-20(18)23)22(24)25-16-12-10-15(14-26)11-13-16/h2-13H,14,26H2,1H3/q+1. The van der Waals surface area contributed by atoms with Gasteiger partial charge in [-0.05, 0) is 36.0 Å². The molecule has 1 atom stereocenters. The van der Waals surface area contributed by atoms with Gasteiger partial charge in [0.15, 0.2) is 0 Å². The minimum atomic E-state index is -0.336. The maximum atomic E-state index is 13.1. The molecule has 4 aromatic rings. The fraction of sp³-hybridized carbons (Fsp3) is 0.0909. The molecule has 3 aromatic carbocycles. The largest absolute Gasteiger partial charge is 0.423 e. The molecule has 0 fully saturated rings. The van der Waals surface area contributed by atoms with Crippen LogP contribution in [0.2, 0.25) is 0 Å². The summed E-state index contributed by atoms with van der Waals surface area (Å²) in [5, 5.41) is 1.78. The SMILES string of the molecule is C[n+]1c2ccccc2c(C(=O)Oc2ccc(CP)cc2)c2ccccc21. The van der Waals surface area contributed by atoms with Crippen molar-refractivity contribution >= 4 is 37.0 Å². The molecule has 0 bridgehead atoms. The number of nitrogens with zero attached hydrogens (tertiary/aromatic N) is 1. The molecule has 4 heteroatoms. The van der Waals surface area contributed by atoms with Gasteiger partial charge in [0.25, 0.3) is 0 Å². The first kappa shape index (κ1) is 16.7. The van der Waals surface area contributed by atoms with Crippen LogP contribution in [0, 0.1) is 0 Å². The van der Waals surface area contributed by atoms with Gasteiger partial charge >= 0.3 is 5.97 Å². The van der Waals surface area contributed by atoms with E-state index in [2.05, 4.69) is 13.8 Å². The number of carbonyl (C=O) groups excluding carboxylic acids is 1. The highest BCUT2D eigenvalue weighted by Gasteiger charge is 2.23. The highest BCUT2D eigenvalue weighted by atomic mass is 31.0. The summed E-state index contributed by atoms with van der Waals surface area (Å²) in [6.45, 7) is 0. The normalized spacial score (nSPS) is 11.0. The van der Waals surface area contributed by atoms with Gasteiger partial charge in [0, 0.05) is 12.1 Å². The Labute approximate surface area is 154 Å². The van der Waals surface area contributed by atoms with Crippen LogP contribution in [-0.4, -0.2) is 5.97 Å². The number of aryl methyl sites for hydroxylation is 1. The molecule has 0 spiro atoms. The monoisotopic (exact) mass is 360 g/mol. The highest BCUT2D eigenvalue weighted by molar-refractivity contribution is 7.15. The fourth-order valence-corrected chi connectivity index (χ4v) is 3.57. The molecule has 0 aliphatic carbocycles. The van der Waals surface area contributed by atoms with E-state index in [9.17, 15) is 4.79 Å². The Morgan fingerprint density at radius 2 is 1.42 bits per heavy atom. The van der Waals surface area contributed by atoms with E-state index in [1.165, 1.54) is 5.56 Å². The molecule has 0 radical (unpaired) electrons. The van der Waals surface area contributed by atoms with Crippen molar-refractivity contribution < 1.29 is 14.1 Å². The third-order valence-corrected chi connectivity index (χ3v) is 5.11. The lowest BCUT2D eigenvalue weighted by molar-refractivity contribution is -0.617. The van der Waals surface area contributed by atoms with Gasteiger partial charge < -0.3 is 4.74 Å². The Morgan fingerprint density at radius 1 is 0.885 bits per heavy atom. The Balaban J connectivity index is 1.88. The predicted molar refractivity (Wildman–Crippen MR) is 107 cm³/mol. The molecule has 0 N–H and O–H groups in total. The minimum Gasteiger partial charge on any atom is -0.423 e. The van der Waals surface area contributed by atoms with Crippen molar-refractivity contribution in [3.63, 3.8) is 0 Å². The first-order valence-corrected chi connectivity index (χ1v) is 9.31. The molecular formula is C22H19NO2P+. The van der Waals surface area contributed by atoms with Crippen LogP contribution in [0.4, 0.5) is 0 Å². The molecule has 0 aliphatic rings. The summed E-state index contributed by atoms with van der Waals surface area (Å²) in [6.07, 6.45) is 0.874. The zero-order chi connectivity index (χ0) is 18.1. The Hall–Kier alpha value is -2.77. The van der Waals surface area contributed by atoms with E-state index in [-0.39, 0.29) is 5.97 Å². The number of hydrogen-bond acceptors (Lipinski definition) is 2. The topological polar surface area (TPSA) is 30.2 Å². The number of aromatic nitrogens is 1. The molecule has 0 aliphatic heterocycles. The van der Waals surface area contributed by atoms with Crippen LogP contribution in [0.5, 0.6) is 5.75 Å². The first-order valence-electron chi connectivity index (χ1n) is 8.49. The predicted octanol–water partition coefficient (Wildman–Crippen LogP) is 4.41. The summed E-state index contributed by atoms with van der Waals surface area (Å²) in [5.41, 5.74) is 3.77. The van der Waals surface area contributed by atoms with E-state index in [1.807, 2.05) is 79.8 Å². The van der Waals surface area contributed by atoms with Gasteiger partial charge in [-0.25, -0.2) is 4.79 Å². The molecule has 0 amide bonds. The molecule has 3 nitrogen and oxygen atoms in total. The maximum absolute atomic E-state index is 13.1. The van der Waals surface area contributed by atoms with Crippen LogP contribution < -0.4 is 9.30 Å². The lowest BCUT2D eigenvalue weighted by Gasteiger charge is -2.10. The van der Waals surface area contributed by atoms with Gasteiger partial charge in [-0.15, -0.1) is 9.24 Å². The number of para-hydroxylation sites is 2. The van der Waals surface area contributed by atoms with Gasteiger partial charge in [-0.3, -0.25) is 0 Å². The third-order valence-electron chi connectivity index (χ3n) is 4.64. The number of hydrogen-bond donors (Lipinski definition) is 0. The van der Waals surface area contributed by atoms with Crippen molar-refractivity contribution in [2.45, 2.75) is 6.16 Å². The van der Waals surface area contributed by atoms with E-state index >= 15 is 0 Å². The zero-order valence-corrected chi connectivity index (χ0v) is 15.6. The van der Waals surface area contributed by atoms with E-state index in [0.29, 0.717) is 11.3 Å². The van der Waals surface area contributed by atoms with Crippen LogP contribution in [0.15, 0.2) is 72.8 Å². The summed E-state index contributed by atoms with van der Waals surface area (Å²) < 4.78 is 7.81. The second kappa shape index (κ2) is 6.86. The van der Waals surface area contributed by atoms with Gasteiger partial charge in [0.05, 0.1) is 16.3 Å². The number of benzene rings is 3. The summed E-state index contributed by atoms with van der Waals surface area (Å²) in [6, 6.07) is 23.4. The summed E-state index contributed by atoms with van der Waals surface area (Å²) >= 11 is 0. The average Bonchev–Trinajstić information content (AvgIpc) is 2.69. The second-order valence-electron chi connectivity index (χ2n) is 6.21. The molecule has 4 rings (SSSR count). The fourth-order valence-electron chi connectivity index (χ4n) is 3.30. The molecule has 0 saturated heterocycles. The maximum Gasteiger partial charge on any atom is 0.345 e. The number of ether oxygens (including phenoxy) is 1. The van der Waals surface area contributed by atoms with Crippen LogP contribution in [0.3, 0.4) is 0 Å². The van der Waals surface area contributed by atoms with Crippen LogP contribution in [0.25, 0.3) is 21.8 Å². The summed E-state index contributed by atoms with van der Waals surface area (Å²) in [7, 11) is 4.70. The molecule has 1 aromatic heterocycles. The number of rotatable bonds is 3. The van der Waals surface area contributed by atoms with E-state index in [4.69, 9.17) is 4.74 Å². The zero-order valence-electron chi connectivity index (χ0n) is 14.5. The Kier molecular flexibility index (Phi) is 4.40. The number of pyridine rings is 1. The van der Waals surface area contributed by atoms with Crippen molar-refractivity contribution in [2.75, 3.05) is 0 Å². The van der Waals surface area contributed by atoms with Crippen molar-refractivity contribution in [1.29, 1.82) is 0 Å². The number of fused-ring (bicyclic) bond motifs is 2. The van der Waals surface area contributed by atoms with Gasteiger partial charge in [0.2, 0.25) is 11.0 Å². The molecular weight excluding hydrogens is 341 g/mol. The highest BCUT2D eigenvalue weighted by Crippen LogP contribution is 2.26. The van der Waals surface area contributed by atoms with Crippen LogP contribution >= 0.6 is 9.24 Å². The van der Waals surface area contributed by atoms with Crippen molar-refractivity contribution in [2.24, 2.45) is 7.05 Å². The van der Waals surface area contributed by atoms with Crippen molar-refractivity contribution in [3.05, 3.63) is 83.9 Å². The van der Waals surface area contributed by atoms with Crippen LogP contribution in [-0.2, 0) is 13.2 Å². The van der Waals surface area contributed by atoms with E-state index in [1.54, 1.807) is 0 Å². The number of carbonyl (C=O) groups is 1. The molecule has 1 unspecified atom stereocenters.